The second kappa shape index (κ2) is 8.00. The summed E-state index contributed by atoms with van der Waals surface area (Å²) in [4.78, 5) is 13.8. The highest BCUT2D eigenvalue weighted by atomic mass is 16.5. The third kappa shape index (κ3) is 5.02. The van der Waals surface area contributed by atoms with Crippen molar-refractivity contribution in [1.82, 2.24) is 4.90 Å². The van der Waals surface area contributed by atoms with E-state index >= 15 is 0 Å². The molecule has 0 atom stereocenters. The predicted molar refractivity (Wildman–Crippen MR) is 79.6 cm³/mol. The highest BCUT2D eigenvalue weighted by molar-refractivity contribution is 5.89. The molecular weight excluding hydrogens is 270 g/mol. The quantitative estimate of drug-likeness (QED) is 0.809. The molecule has 1 saturated heterocycles. The number of benzene rings is 1. The molecule has 0 aliphatic carbocycles. The standard InChI is InChI=1S/C16H23NO4/c1-2-20-16(19)13-3-5-15(6-4-13)21-12-11-17-9-7-14(18)8-10-17/h3-6,14,18H,2,7-12H2,1H3. The van der Waals surface area contributed by atoms with Crippen LogP contribution in [0.2, 0.25) is 0 Å². The molecule has 1 aromatic rings. The summed E-state index contributed by atoms with van der Waals surface area (Å²) in [7, 11) is 0. The summed E-state index contributed by atoms with van der Waals surface area (Å²) in [6.07, 6.45) is 1.54. The average molecular weight is 293 g/mol. The third-order valence-corrected chi connectivity index (χ3v) is 3.60. The Labute approximate surface area is 125 Å². The highest BCUT2D eigenvalue weighted by Crippen LogP contribution is 2.14. The van der Waals surface area contributed by atoms with Crippen molar-refractivity contribution in [2.24, 2.45) is 0 Å². The van der Waals surface area contributed by atoms with Crippen LogP contribution in [0.15, 0.2) is 24.3 Å². The van der Waals surface area contributed by atoms with Crippen LogP contribution in [-0.2, 0) is 4.74 Å². The monoisotopic (exact) mass is 293 g/mol. The first-order chi connectivity index (χ1) is 10.2. The van der Waals surface area contributed by atoms with Gasteiger partial charge in [-0.15, -0.1) is 0 Å². The van der Waals surface area contributed by atoms with Gasteiger partial charge in [0.25, 0.3) is 0 Å². The first kappa shape index (κ1) is 15.8. The number of rotatable bonds is 6. The zero-order chi connectivity index (χ0) is 15.1. The van der Waals surface area contributed by atoms with Crippen LogP contribution in [0.5, 0.6) is 5.75 Å². The van der Waals surface area contributed by atoms with E-state index in [1.807, 2.05) is 0 Å². The van der Waals surface area contributed by atoms with Gasteiger partial charge < -0.3 is 14.6 Å². The molecule has 0 bridgehead atoms. The van der Waals surface area contributed by atoms with Gasteiger partial charge in [-0.2, -0.15) is 0 Å². The van der Waals surface area contributed by atoms with Crippen molar-refractivity contribution in [1.29, 1.82) is 0 Å². The molecule has 0 saturated carbocycles. The van der Waals surface area contributed by atoms with Crippen molar-refractivity contribution in [2.45, 2.75) is 25.9 Å². The molecule has 21 heavy (non-hydrogen) atoms. The van der Waals surface area contributed by atoms with Gasteiger partial charge in [-0.25, -0.2) is 4.79 Å². The lowest BCUT2D eigenvalue weighted by atomic mass is 10.1. The van der Waals surface area contributed by atoms with E-state index in [-0.39, 0.29) is 12.1 Å². The number of piperidine rings is 1. The van der Waals surface area contributed by atoms with Crippen molar-refractivity contribution in [2.75, 3.05) is 32.8 Å². The average Bonchev–Trinajstić information content (AvgIpc) is 2.50. The number of hydrogen-bond donors (Lipinski definition) is 1. The number of carbonyl (C=O) groups is 1. The molecule has 2 rings (SSSR count). The minimum Gasteiger partial charge on any atom is -0.492 e. The SMILES string of the molecule is CCOC(=O)c1ccc(OCCN2CCC(O)CC2)cc1. The summed E-state index contributed by atoms with van der Waals surface area (Å²) >= 11 is 0. The Kier molecular flexibility index (Phi) is 6.02. The molecule has 0 amide bonds. The zero-order valence-electron chi connectivity index (χ0n) is 12.5. The van der Waals surface area contributed by atoms with Crippen LogP contribution in [0.3, 0.4) is 0 Å². The van der Waals surface area contributed by atoms with Gasteiger partial charge in [0.05, 0.1) is 18.3 Å². The van der Waals surface area contributed by atoms with Crippen molar-refractivity contribution in [3.05, 3.63) is 29.8 Å². The summed E-state index contributed by atoms with van der Waals surface area (Å²) in [5.74, 6) is 0.441. The van der Waals surface area contributed by atoms with Gasteiger partial charge in [-0.05, 0) is 44.0 Å². The molecule has 1 fully saturated rings. The molecule has 0 aromatic heterocycles. The molecular formula is C16H23NO4. The normalized spacial score (nSPS) is 16.7. The number of hydrogen-bond acceptors (Lipinski definition) is 5. The molecule has 0 radical (unpaired) electrons. The number of carbonyl (C=O) groups excluding carboxylic acids is 1. The number of ether oxygens (including phenoxy) is 2. The Balaban J connectivity index is 1.72. The first-order valence-electron chi connectivity index (χ1n) is 7.49. The Bertz CT molecular complexity index is 438. The van der Waals surface area contributed by atoms with Gasteiger partial charge >= 0.3 is 5.97 Å². The van der Waals surface area contributed by atoms with Crippen LogP contribution >= 0.6 is 0 Å². The van der Waals surface area contributed by atoms with Crippen molar-refractivity contribution < 1.29 is 19.4 Å². The molecule has 1 aliphatic rings. The summed E-state index contributed by atoms with van der Waals surface area (Å²) in [5.41, 5.74) is 0.536. The van der Waals surface area contributed by atoms with E-state index in [2.05, 4.69) is 4.90 Å². The fraction of sp³-hybridized carbons (Fsp3) is 0.562. The van der Waals surface area contributed by atoms with Crippen molar-refractivity contribution >= 4 is 5.97 Å². The van der Waals surface area contributed by atoms with Crippen LogP contribution < -0.4 is 4.74 Å². The summed E-state index contributed by atoms with van der Waals surface area (Å²) in [5, 5.41) is 9.44. The summed E-state index contributed by atoms with van der Waals surface area (Å²) in [6, 6.07) is 6.99. The maximum Gasteiger partial charge on any atom is 0.338 e. The summed E-state index contributed by atoms with van der Waals surface area (Å²) < 4.78 is 10.6. The molecule has 5 nitrogen and oxygen atoms in total. The van der Waals surface area contributed by atoms with E-state index in [4.69, 9.17) is 9.47 Å². The number of nitrogens with zero attached hydrogens (tertiary/aromatic N) is 1. The molecule has 0 unspecified atom stereocenters. The molecule has 5 heteroatoms. The van der Waals surface area contributed by atoms with Gasteiger partial charge in [0.15, 0.2) is 0 Å². The molecule has 1 aromatic carbocycles. The maximum absolute atomic E-state index is 11.5. The lowest BCUT2D eigenvalue weighted by Gasteiger charge is -2.29. The predicted octanol–water partition coefficient (Wildman–Crippen LogP) is 1.70. The first-order valence-corrected chi connectivity index (χ1v) is 7.49. The Morgan fingerprint density at radius 2 is 1.95 bits per heavy atom. The Morgan fingerprint density at radius 3 is 2.57 bits per heavy atom. The van der Waals surface area contributed by atoms with Crippen molar-refractivity contribution in [3.63, 3.8) is 0 Å². The topological polar surface area (TPSA) is 59.0 Å². The second-order valence-electron chi connectivity index (χ2n) is 5.17. The number of aliphatic hydroxyl groups excluding tert-OH is 1. The summed E-state index contributed by atoms with van der Waals surface area (Å²) in [6.45, 7) is 5.47. The molecule has 116 valence electrons. The van der Waals surface area contributed by atoms with Crippen LogP contribution in [0, 0.1) is 0 Å². The van der Waals surface area contributed by atoms with E-state index in [9.17, 15) is 9.90 Å². The van der Waals surface area contributed by atoms with Crippen LogP contribution in [0.1, 0.15) is 30.1 Å². The van der Waals surface area contributed by atoms with E-state index in [0.29, 0.717) is 18.8 Å². The van der Waals surface area contributed by atoms with Gasteiger partial charge in [0.1, 0.15) is 12.4 Å². The third-order valence-electron chi connectivity index (χ3n) is 3.60. The van der Waals surface area contributed by atoms with E-state index in [0.717, 1.165) is 38.2 Å². The largest absolute Gasteiger partial charge is 0.492 e. The van der Waals surface area contributed by atoms with E-state index in [1.165, 1.54) is 0 Å². The molecule has 1 aliphatic heterocycles. The lowest BCUT2D eigenvalue weighted by molar-refractivity contribution is 0.0526. The smallest absolute Gasteiger partial charge is 0.338 e. The van der Waals surface area contributed by atoms with Crippen LogP contribution in [-0.4, -0.2) is 54.9 Å². The van der Waals surface area contributed by atoms with E-state index in [1.54, 1.807) is 31.2 Å². The van der Waals surface area contributed by atoms with E-state index < -0.39 is 0 Å². The van der Waals surface area contributed by atoms with Gasteiger partial charge in [0, 0.05) is 19.6 Å². The molecule has 1 N–H and O–H groups in total. The van der Waals surface area contributed by atoms with Gasteiger partial charge in [-0.3, -0.25) is 4.90 Å². The molecule has 0 spiro atoms. The Morgan fingerprint density at radius 1 is 1.29 bits per heavy atom. The number of aliphatic hydroxyl groups is 1. The minimum absolute atomic E-state index is 0.141. The Hall–Kier alpha value is -1.59. The fourth-order valence-corrected chi connectivity index (χ4v) is 2.34. The number of likely N-dealkylation sites (tertiary alicyclic amines) is 1. The van der Waals surface area contributed by atoms with Crippen LogP contribution in [0.4, 0.5) is 0 Å². The molecule has 1 heterocycles. The fourth-order valence-electron chi connectivity index (χ4n) is 2.34. The van der Waals surface area contributed by atoms with Gasteiger partial charge in [-0.1, -0.05) is 0 Å². The minimum atomic E-state index is -0.309. The van der Waals surface area contributed by atoms with Crippen LogP contribution in [0.25, 0.3) is 0 Å². The van der Waals surface area contributed by atoms with Gasteiger partial charge in [0.2, 0.25) is 0 Å². The maximum atomic E-state index is 11.5. The second-order valence-corrected chi connectivity index (χ2v) is 5.17. The zero-order valence-corrected chi connectivity index (χ0v) is 12.5. The number of esters is 1. The highest BCUT2D eigenvalue weighted by Gasteiger charge is 2.16. The lowest BCUT2D eigenvalue weighted by Crippen LogP contribution is -2.38. The van der Waals surface area contributed by atoms with Crippen molar-refractivity contribution in [3.8, 4) is 5.75 Å².